The van der Waals surface area contributed by atoms with Gasteiger partial charge in [-0.05, 0) is 70.5 Å². The summed E-state index contributed by atoms with van der Waals surface area (Å²) in [5.41, 5.74) is 2.13. The average molecular weight is 554 g/mol. The highest BCUT2D eigenvalue weighted by Crippen LogP contribution is 2.37. The Morgan fingerprint density at radius 3 is 2.55 bits per heavy atom. The molecule has 0 radical (unpaired) electrons. The molecule has 1 saturated heterocycles. The van der Waals surface area contributed by atoms with E-state index in [9.17, 15) is 19.2 Å². The number of carbonyl (C=O) groups is 4. The molecule has 0 unspecified atom stereocenters. The van der Waals surface area contributed by atoms with Crippen LogP contribution in [-0.4, -0.2) is 48.2 Å². The van der Waals surface area contributed by atoms with Crippen LogP contribution in [0.2, 0.25) is 5.02 Å². The number of amides is 3. The number of nitrogens with zero attached hydrogens (tertiary/aromatic N) is 1. The molecule has 8 nitrogen and oxygen atoms in total. The second kappa shape index (κ2) is 10.9. The van der Waals surface area contributed by atoms with Crippen LogP contribution in [0, 0.1) is 6.92 Å². The van der Waals surface area contributed by atoms with Gasteiger partial charge in [-0.15, -0.1) is 0 Å². The first-order chi connectivity index (χ1) is 15.7. The van der Waals surface area contributed by atoms with Crippen LogP contribution in [0.1, 0.15) is 11.1 Å². The van der Waals surface area contributed by atoms with Crippen molar-refractivity contribution in [2.24, 2.45) is 0 Å². The zero-order valence-corrected chi connectivity index (χ0v) is 20.7. The molecule has 1 fully saturated rings. The second-order valence-electron chi connectivity index (χ2n) is 6.86. The molecule has 3 amide bonds. The van der Waals surface area contributed by atoms with Crippen LogP contribution >= 0.6 is 39.3 Å². The van der Waals surface area contributed by atoms with E-state index in [0.29, 0.717) is 15.7 Å². The predicted octanol–water partition coefficient (Wildman–Crippen LogP) is 4.64. The number of ether oxygens (including phenoxy) is 2. The van der Waals surface area contributed by atoms with Crippen molar-refractivity contribution >= 4 is 74.1 Å². The van der Waals surface area contributed by atoms with Crippen molar-refractivity contribution in [3.63, 3.8) is 0 Å². The van der Waals surface area contributed by atoms with Crippen molar-refractivity contribution in [1.82, 2.24) is 4.90 Å². The molecule has 2 aromatic carbocycles. The van der Waals surface area contributed by atoms with Gasteiger partial charge >= 0.3 is 5.97 Å². The Bertz CT molecular complexity index is 1130. The second-order valence-corrected chi connectivity index (χ2v) is 9.12. The summed E-state index contributed by atoms with van der Waals surface area (Å²) in [5.74, 6) is -1.40. The van der Waals surface area contributed by atoms with Crippen LogP contribution in [0.4, 0.5) is 10.5 Å². The van der Waals surface area contributed by atoms with Crippen LogP contribution in [0.25, 0.3) is 6.08 Å². The molecule has 0 saturated carbocycles. The Kier molecular flexibility index (Phi) is 8.17. The van der Waals surface area contributed by atoms with Crippen LogP contribution in [-0.2, 0) is 19.1 Å². The van der Waals surface area contributed by atoms with Gasteiger partial charge in [-0.2, -0.15) is 0 Å². The molecule has 33 heavy (non-hydrogen) atoms. The molecule has 11 heteroatoms. The zero-order chi connectivity index (χ0) is 24.1. The number of hydrogen-bond donors (Lipinski definition) is 1. The molecule has 1 N–H and O–H groups in total. The summed E-state index contributed by atoms with van der Waals surface area (Å²) in [5, 5.41) is 2.31. The number of benzene rings is 2. The fourth-order valence-electron chi connectivity index (χ4n) is 2.76. The van der Waals surface area contributed by atoms with E-state index < -0.39 is 29.6 Å². The van der Waals surface area contributed by atoms with E-state index in [1.165, 1.54) is 19.3 Å². The fraction of sp³-hybridized carbons (Fsp3) is 0.182. The van der Waals surface area contributed by atoms with E-state index >= 15 is 0 Å². The monoisotopic (exact) mass is 552 g/mol. The van der Waals surface area contributed by atoms with Crippen molar-refractivity contribution in [3.8, 4) is 5.75 Å². The maximum atomic E-state index is 12.7. The molecule has 1 aliphatic rings. The number of anilines is 1. The van der Waals surface area contributed by atoms with Crippen LogP contribution < -0.4 is 10.1 Å². The molecule has 3 rings (SSSR count). The molecule has 1 aliphatic heterocycles. The van der Waals surface area contributed by atoms with E-state index in [-0.39, 0.29) is 22.3 Å². The minimum Gasteiger partial charge on any atom is -0.479 e. The van der Waals surface area contributed by atoms with Gasteiger partial charge in [0.25, 0.3) is 11.1 Å². The van der Waals surface area contributed by atoms with E-state index in [1.807, 2.05) is 19.1 Å². The number of esters is 1. The number of rotatable bonds is 7. The third kappa shape index (κ3) is 6.37. The first-order valence-corrected chi connectivity index (χ1v) is 11.5. The van der Waals surface area contributed by atoms with Gasteiger partial charge in [-0.25, -0.2) is 4.79 Å². The molecular weight excluding hydrogens is 536 g/mol. The first-order valence-electron chi connectivity index (χ1n) is 9.48. The van der Waals surface area contributed by atoms with Crippen molar-refractivity contribution in [3.05, 3.63) is 61.9 Å². The molecule has 1 heterocycles. The normalized spacial score (nSPS) is 14.5. The lowest BCUT2D eigenvalue weighted by Gasteiger charge is -2.12. The molecule has 0 aliphatic carbocycles. The number of methoxy groups -OCH3 is 1. The Hall–Kier alpha value is -2.82. The highest BCUT2D eigenvalue weighted by molar-refractivity contribution is 9.10. The lowest BCUT2D eigenvalue weighted by Crippen LogP contribution is -2.36. The van der Waals surface area contributed by atoms with Crippen molar-refractivity contribution in [1.29, 1.82) is 0 Å². The van der Waals surface area contributed by atoms with E-state index in [1.54, 1.807) is 18.2 Å². The molecule has 0 aromatic heterocycles. The topological polar surface area (TPSA) is 102 Å². The number of halogens is 2. The smallest absolute Gasteiger partial charge is 0.343 e. The third-order valence-corrected chi connectivity index (χ3v) is 6.17. The maximum Gasteiger partial charge on any atom is 0.343 e. The zero-order valence-electron chi connectivity index (χ0n) is 17.5. The fourth-order valence-corrected chi connectivity index (χ4v) is 4.59. The third-order valence-electron chi connectivity index (χ3n) is 4.39. The lowest BCUT2D eigenvalue weighted by molar-refractivity contribution is -0.142. The van der Waals surface area contributed by atoms with Gasteiger partial charge in [0.15, 0.2) is 12.4 Å². The number of imide groups is 1. The van der Waals surface area contributed by atoms with Gasteiger partial charge in [-0.3, -0.25) is 19.3 Å². The Morgan fingerprint density at radius 2 is 1.91 bits per heavy atom. The van der Waals surface area contributed by atoms with Gasteiger partial charge in [0.2, 0.25) is 5.91 Å². The predicted molar refractivity (Wildman–Crippen MR) is 129 cm³/mol. The number of carbonyl (C=O) groups excluding carboxylic acids is 4. The van der Waals surface area contributed by atoms with Gasteiger partial charge in [0.05, 0.1) is 21.5 Å². The van der Waals surface area contributed by atoms with Crippen molar-refractivity contribution in [2.75, 3.05) is 25.6 Å². The lowest BCUT2D eigenvalue weighted by atomic mass is 10.2. The maximum absolute atomic E-state index is 12.7. The largest absolute Gasteiger partial charge is 0.479 e. The molecule has 172 valence electrons. The first kappa shape index (κ1) is 24.8. The van der Waals surface area contributed by atoms with E-state index in [2.05, 4.69) is 26.0 Å². The summed E-state index contributed by atoms with van der Waals surface area (Å²) >= 11 is 10.3. The SMILES string of the molecule is COC(=O)COc1c(Cl)cc(C=C2SC(=O)N(CC(=O)Nc3ccc(C)cc3)C2=O)cc1Br. The number of aryl methyl sites for hydroxylation is 1. The highest BCUT2D eigenvalue weighted by Gasteiger charge is 2.36. The summed E-state index contributed by atoms with van der Waals surface area (Å²) < 4.78 is 10.3. The van der Waals surface area contributed by atoms with Crippen LogP contribution in [0.3, 0.4) is 0 Å². The molecule has 2 aromatic rings. The summed E-state index contributed by atoms with van der Waals surface area (Å²) in [4.78, 5) is 49.7. The quantitative estimate of drug-likeness (QED) is 0.394. The summed E-state index contributed by atoms with van der Waals surface area (Å²) in [6.07, 6.45) is 1.49. The number of thioether (sulfide) groups is 1. The summed E-state index contributed by atoms with van der Waals surface area (Å²) in [6.45, 7) is 1.20. The molecule has 0 atom stereocenters. The molecular formula is C22H18BrClN2O6S. The van der Waals surface area contributed by atoms with Crippen LogP contribution in [0.5, 0.6) is 5.75 Å². The molecule has 0 spiro atoms. The minimum absolute atomic E-state index is 0.148. The van der Waals surface area contributed by atoms with Gasteiger partial charge in [-0.1, -0.05) is 29.3 Å². The number of nitrogens with one attached hydrogen (secondary N) is 1. The van der Waals surface area contributed by atoms with Gasteiger partial charge in [0, 0.05) is 5.69 Å². The average Bonchev–Trinajstić information content (AvgIpc) is 3.01. The summed E-state index contributed by atoms with van der Waals surface area (Å²) in [7, 11) is 1.24. The van der Waals surface area contributed by atoms with Gasteiger partial charge < -0.3 is 14.8 Å². The minimum atomic E-state index is -0.581. The van der Waals surface area contributed by atoms with Crippen molar-refractivity contribution < 1.29 is 28.7 Å². The number of hydrogen-bond acceptors (Lipinski definition) is 7. The van der Waals surface area contributed by atoms with Gasteiger partial charge in [0.1, 0.15) is 6.54 Å². The molecule has 0 bridgehead atoms. The standard InChI is InChI=1S/C22H18BrClN2O6S/c1-12-3-5-14(6-4-12)25-18(27)10-26-21(29)17(33-22(26)30)9-13-7-15(23)20(16(24)8-13)32-11-19(28)31-2/h3-9H,10-11H2,1-2H3,(H,25,27). The highest BCUT2D eigenvalue weighted by atomic mass is 79.9. The van der Waals surface area contributed by atoms with E-state index in [0.717, 1.165) is 22.2 Å². The summed E-state index contributed by atoms with van der Waals surface area (Å²) in [6, 6.07) is 10.3. The Labute approximate surface area is 207 Å². The Morgan fingerprint density at radius 1 is 1.21 bits per heavy atom. The Balaban J connectivity index is 1.70. The van der Waals surface area contributed by atoms with Crippen LogP contribution in [0.15, 0.2) is 45.8 Å². The van der Waals surface area contributed by atoms with E-state index in [4.69, 9.17) is 16.3 Å². The van der Waals surface area contributed by atoms with Crippen molar-refractivity contribution in [2.45, 2.75) is 6.92 Å².